The average Bonchev–Trinajstić information content (AvgIpc) is 3.78. The number of hydrogen-bond acceptors (Lipinski definition) is 3. The lowest BCUT2D eigenvalue weighted by Crippen LogP contribution is -2.10. The van der Waals surface area contributed by atoms with E-state index in [0.717, 1.165) is 61.2 Å². The zero-order valence-electron chi connectivity index (χ0n) is 27.6. The molecule has 51 heavy (non-hydrogen) atoms. The van der Waals surface area contributed by atoms with Crippen molar-refractivity contribution < 1.29 is 4.42 Å². The molecule has 10 rings (SSSR count). The van der Waals surface area contributed by atoms with Gasteiger partial charge in [-0.15, -0.1) is 0 Å². The van der Waals surface area contributed by atoms with E-state index < -0.39 is 0 Å². The number of oxazole rings is 1. The molecule has 4 heteroatoms. The van der Waals surface area contributed by atoms with Crippen molar-refractivity contribution in [3.8, 4) is 28.3 Å². The van der Waals surface area contributed by atoms with Gasteiger partial charge in [-0.3, -0.25) is 0 Å². The van der Waals surface area contributed by atoms with Crippen molar-refractivity contribution in [2.75, 3.05) is 4.90 Å². The number of anilines is 3. The predicted molar refractivity (Wildman–Crippen MR) is 211 cm³/mol. The maximum Gasteiger partial charge on any atom is 0.228 e. The van der Waals surface area contributed by atoms with Crippen molar-refractivity contribution in [3.63, 3.8) is 0 Å². The smallest absolute Gasteiger partial charge is 0.228 e. The van der Waals surface area contributed by atoms with Crippen LogP contribution in [0.25, 0.3) is 71.9 Å². The molecule has 10 aromatic rings. The normalized spacial score (nSPS) is 11.5. The molecule has 0 bridgehead atoms. The molecule has 8 aromatic carbocycles. The van der Waals surface area contributed by atoms with E-state index in [2.05, 4.69) is 173 Å². The molecule has 0 aliphatic rings. The molecule has 2 aromatic heterocycles. The van der Waals surface area contributed by atoms with Gasteiger partial charge in [0.15, 0.2) is 5.58 Å². The molecule has 240 valence electrons. The average molecular weight is 654 g/mol. The predicted octanol–water partition coefficient (Wildman–Crippen LogP) is 12.9. The third-order valence-electron chi connectivity index (χ3n) is 9.79. The number of aromatic nitrogens is 2. The van der Waals surface area contributed by atoms with Crippen LogP contribution in [0.3, 0.4) is 0 Å². The summed E-state index contributed by atoms with van der Waals surface area (Å²) in [5.74, 6) is 0.620. The summed E-state index contributed by atoms with van der Waals surface area (Å²) in [5.41, 5.74) is 11.5. The van der Waals surface area contributed by atoms with Crippen molar-refractivity contribution in [3.05, 3.63) is 188 Å². The van der Waals surface area contributed by atoms with Gasteiger partial charge in [0.05, 0.1) is 11.0 Å². The second-order valence-corrected chi connectivity index (χ2v) is 12.8. The number of hydrogen-bond donors (Lipinski definition) is 0. The number of para-hydroxylation sites is 4. The van der Waals surface area contributed by atoms with Crippen molar-refractivity contribution in [2.24, 2.45) is 0 Å². The van der Waals surface area contributed by atoms with Gasteiger partial charge in [-0.1, -0.05) is 115 Å². The second kappa shape index (κ2) is 11.9. The molecule has 0 aliphatic heterocycles. The number of fused-ring (bicyclic) bond motifs is 5. The fourth-order valence-corrected chi connectivity index (χ4v) is 7.53. The van der Waals surface area contributed by atoms with Gasteiger partial charge in [-0.2, -0.15) is 0 Å². The summed E-state index contributed by atoms with van der Waals surface area (Å²) in [5, 5.41) is 4.72. The highest BCUT2D eigenvalue weighted by Gasteiger charge is 2.21. The summed E-state index contributed by atoms with van der Waals surface area (Å²) in [4.78, 5) is 7.26. The molecule has 0 unspecified atom stereocenters. The van der Waals surface area contributed by atoms with Gasteiger partial charge >= 0.3 is 0 Å². The largest absolute Gasteiger partial charge is 0.436 e. The zero-order valence-corrected chi connectivity index (χ0v) is 27.6. The molecule has 0 N–H and O–H groups in total. The lowest BCUT2D eigenvalue weighted by molar-refractivity contribution is 0.620. The molecule has 0 spiro atoms. The Balaban J connectivity index is 1.21. The molecule has 0 amide bonds. The molecular weight excluding hydrogens is 623 g/mol. The van der Waals surface area contributed by atoms with E-state index in [-0.39, 0.29) is 0 Å². The van der Waals surface area contributed by atoms with Crippen molar-refractivity contribution in [1.29, 1.82) is 0 Å². The van der Waals surface area contributed by atoms with Crippen LogP contribution in [-0.4, -0.2) is 9.55 Å². The highest BCUT2D eigenvalue weighted by molar-refractivity contribution is 6.16. The van der Waals surface area contributed by atoms with Crippen LogP contribution in [0.2, 0.25) is 0 Å². The summed E-state index contributed by atoms with van der Waals surface area (Å²) >= 11 is 0. The Labute approximate surface area is 295 Å². The minimum absolute atomic E-state index is 0.620. The minimum Gasteiger partial charge on any atom is -0.436 e. The Morgan fingerprint density at radius 3 is 2.04 bits per heavy atom. The first-order valence-corrected chi connectivity index (χ1v) is 17.2. The third-order valence-corrected chi connectivity index (χ3v) is 9.79. The second-order valence-electron chi connectivity index (χ2n) is 12.8. The van der Waals surface area contributed by atoms with Crippen LogP contribution in [0, 0.1) is 0 Å². The Morgan fingerprint density at radius 1 is 0.471 bits per heavy atom. The standard InChI is InChI=1S/C47H31N3O/c1-3-17-34(18-4-1)49(36-21-11-16-33(30-36)39-23-12-15-32-14-7-8-22-38(32)39)37-28-29-40-44(31-37)50(35-19-5-2-6-20-35)43-26-13-24-41(46(40)43)47-48-42-25-9-10-27-45(42)51-47/h1-31H. The molecule has 0 saturated heterocycles. The summed E-state index contributed by atoms with van der Waals surface area (Å²) in [6.45, 7) is 0. The quantitative estimate of drug-likeness (QED) is 0.179. The maximum absolute atomic E-state index is 6.35. The number of benzene rings is 8. The van der Waals surface area contributed by atoms with E-state index in [1.54, 1.807) is 0 Å². The lowest BCUT2D eigenvalue weighted by atomic mass is 9.97. The molecule has 0 fully saturated rings. The Bertz CT molecular complexity index is 2830. The van der Waals surface area contributed by atoms with Crippen LogP contribution in [0.15, 0.2) is 192 Å². The molecule has 2 heterocycles. The summed E-state index contributed by atoms with van der Waals surface area (Å²) in [7, 11) is 0. The third kappa shape index (κ3) is 4.88. The van der Waals surface area contributed by atoms with Gasteiger partial charge in [0.25, 0.3) is 0 Å². The first-order chi connectivity index (χ1) is 25.3. The van der Waals surface area contributed by atoms with E-state index in [1.807, 2.05) is 24.3 Å². The Kier molecular flexibility index (Phi) is 6.78. The number of nitrogens with zero attached hydrogens (tertiary/aromatic N) is 3. The van der Waals surface area contributed by atoms with Crippen LogP contribution in [0.5, 0.6) is 0 Å². The monoisotopic (exact) mass is 653 g/mol. The molecule has 0 atom stereocenters. The highest BCUT2D eigenvalue weighted by atomic mass is 16.3. The maximum atomic E-state index is 6.35. The molecule has 0 aliphatic carbocycles. The number of rotatable bonds is 6. The SMILES string of the molecule is c1ccc(N(c2cccc(-c3cccc4ccccc34)c2)c2ccc3c4c(-c5nc6ccccc6o5)cccc4n(-c4ccccc4)c3c2)cc1. The fourth-order valence-electron chi connectivity index (χ4n) is 7.53. The fraction of sp³-hybridized carbons (Fsp3) is 0. The molecular formula is C47H31N3O. The summed E-state index contributed by atoms with van der Waals surface area (Å²) in [6, 6.07) is 66.3. The first kappa shape index (κ1) is 29.0. The lowest BCUT2D eigenvalue weighted by Gasteiger charge is -2.26. The molecule has 4 nitrogen and oxygen atoms in total. The summed E-state index contributed by atoms with van der Waals surface area (Å²) < 4.78 is 8.71. The van der Waals surface area contributed by atoms with E-state index in [1.165, 1.54) is 21.9 Å². The molecule has 0 radical (unpaired) electrons. The van der Waals surface area contributed by atoms with Gasteiger partial charge in [0, 0.05) is 39.1 Å². The zero-order chi connectivity index (χ0) is 33.7. The topological polar surface area (TPSA) is 34.2 Å². The first-order valence-electron chi connectivity index (χ1n) is 17.2. The van der Waals surface area contributed by atoms with E-state index in [0.29, 0.717) is 5.89 Å². The van der Waals surface area contributed by atoms with Crippen LogP contribution in [0.4, 0.5) is 17.1 Å². The van der Waals surface area contributed by atoms with Crippen molar-refractivity contribution in [2.45, 2.75) is 0 Å². The van der Waals surface area contributed by atoms with Crippen LogP contribution in [-0.2, 0) is 0 Å². The van der Waals surface area contributed by atoms with Crippen LogP contribution < -0.4 is 4.90 Å². The highest BCUT2D eigenvalue weighted by Crippen LogP contribution is 2.43. The van der Waals surface area contributed by atoms with Gasteiger partial charge < -0.3 is 13.9 Å². The Morgan fingerprint density at radius 2 is 1.16 bits per heavy atom. The van der Waals surface area contributed by atoms with E-state index in [4.69, 9.17) is 9.40 Å². The Hall–Kier alpha value is -6.91. The van der Waals surface area contributed by atoms with Gasteiger partial charge in [0.2, 0.25) is 5.89 Å². The van der Waals surface area contributed by atoms with E-state index >= 15 is 0 Å². The van der Waals surface area contributed by atoms with Gasteiger partial charge in [-0.25, -0.2) is 4.98 Å². The minimum atomic E-state index is 0.620. The van der Waals surface area contributed by atoms with E-state index in [9.17, 15) is 0 Å². The van der Waals surface area contributed by atoms with Gasteiger partial charge in [0.1, 0.15) is 5.52 Å². The van der Waals surface area contributed by atoms with Gasteiger partial charge in [-0.05, 0) is 94.7 Å². The van der Waals surface area contributed by atoms with Crippen molar-refractivity contribution in [1.82, 2.24) is 9.55 Å². The van der Waals surface area contributed by atoms with Crippen LogP contribution >= 0.6 is 0 Å². The summed E-state index contributed by atoms with van der Waals surface area (Å²) in [6.07, 6.45) is 0. The molecule has 0 saturated carbocycles. The van der Waals surface area contributed by atoms with Crippen molar-refractivity contribution >= 4 is 60.7 Å². The van der Waals surface area contributed by atoms with Crippen LogP contribution in [0.1, 0.15) is 0 Å².